The van der Waals surface area contributed by atoms with E-state index in [0.29, 0.717) is 6.54 Å². The fraction of sp³-hybridized carbons (Fsp3) is 0.500. The zero-order valence-corrected chi connectivity index (χ0v) is 11.3. The van der Waals surface area contributed by atoms with E-state index >= 15 is 0 Å². The Morgan fingerprint density at radius 3 is 2.53 bits per heavy atom. The number of carbonyl (C=O) groups is 2. The van der Waals surface area contributed by atoms with Crippen LogP contribution in [0.4, 0.5) is 0 Å². The van der Waals surface area contributed by atoms with Gasteiger partial charge < -0.3 is 10.1 Å². The van der Waals surface area contributed by atoms with Crippen LogP contribution in [-0.4, -0.2) is 17.5 Å². The summed E-state index contributed by atoms with van der Waals surface area (Å²) in [6.07, 6.45) is 0. The summed E-state index contributed by atoms with van der Waals surface area (Å²) in [6.45, 7) is 7.50. The normalized spacial score (nSPS) is 11.1. The summed E-state index contributed by atoms with van der Waals surface area (Å²) in [5.41, 5.74) is 0.465. The minimum absolute atomic E-state index is 0.363. The first kappa shape index (κ1) is 13.7. The van der Waals surface area contributed by atoms with Gasteiger partial charge in [0.2, 0.25) is 0 Å². The highest BCUT2D eigenvalue weighted by Crippen LogP contribution is 2.14. The first-order valence-electron chi connectivity index (χ1n) is 5.34. The lowest BCUT2D eigenvalue weighted by Crippen LogP contribution is -2.36. The quantitative estimate of drug-likeness (QED) is 0.649. The molecule has 0 atom stereocenters. The fourth-order valence-corrected chi connectivity index (χ4v) is 1.99. The highest BCUT2D eigenvalue weighted by Gasteiger charge is 2.22. The maximum Gasteiger partial charge on any atom is 0.397 e. The summed E-state index contributed by atoms with van der Waals surface area (Å²) in [5, 5.41) is 4.49. The van der Waals surface area contributed by atoms with Gasteiger partial charge in [-0.1, -0.05) is 0 Å². The van der Waals surface area contributed by atoms with Gasteiger partial charge in [0.25, 0.3) is 0 Å². The molecule has 0 bridgehead atoms. The lowest BCUT2D eigenvalue weighted by molar-refractivity contribution is -0.163. The van der Waals surface area contributed by atoms with Crippen LogP contribution >= 0.6 is 11.3 Å². The summed E-state index contributed by atoms with van der Waals surface area (Å²) in [6, 6.07) is 1.97. The Balaban J connectivity index is 2.45. The number of carbonyl (C=O) groups excluding carboxylic acids is 2. The first-order chi connectivity index (χ1) is 7.79. The van der Waals surface area contributed by atoms with Crippen LogP contribution in [0.3, 0.4) is 0 Å². The molecule has 0 fully saturated rings. The number of hydrogen-bond donors (Lipinski definition) is 1. The van der Waals surface area contributed by atoms with Gasteiger partial charge in [-0.3, -0.25) is 4.79 Å². The van der Waals surface area contributed by atoms with Crippen LogP contribution in [0.5, 0.6) is 0 Å². The molecule has 1 aromatic rings. The molecule has 1 heterocycles. The lowest BCUT2D eigenvalue weighted by atomic mass is 10.2. The number of aryl methyl sites for hydroxylation is 1. The smallest absolute Gasteiger partial charge is 0.397 e. The van der Waals surface area contributed by atoms with E-state index in [4.69, 9.17) is 4.74 Å². The van der Waals surface area contributed by atoms with Crippen molar-refractivity contribution in [1.82, 2.24) is 5.32 Å². The standard InChI is InChI=1S/C12H17NO3S/c1-8-5-6-17-9(8)7-13-10(14)11(15)16-12(2,3)4/h5-6H,7H2,1-4H3,(H,13,14). The van der Waals surface area contributed by atoms with Gasteiger partial charge in [-0.25, -0.2) is 4.79 Å². The molecule has 17 heavy (non-hydrogen) atoms. The Labute approximate surface area is 105 Å². The van der Waals surface area contributed by atoms with E-state index < -0.39 is 17.5 Å². The van der Waals surface area contributed by atoms with Crippen molar-refractivity contribution in [2.75, 3.05) is 0 Å². The summed E-state index contributed by atoms with van der Waals surface area (Å²) >= 11 is 1.55. The van der Waals surface area contributed by atoms with Crippen molar-refractivity contribution in [2.24, 2.45) is 0 Å². The molecular formula is C12H17NO3S. The molecule has 1 amide bonds. The lowest BCUT2D eigenvalue weighted by Gasteiger charge is -2.18. The molecule has 0 unspecified atom stereocenters. The fourth-order valence-electron chi connectivity index (χ4n) is 1.14. The Bertz CT molecular complexity index is 418. The summed E-state index contributed by atoms with van der Waals surface area (Å²) < 4.78 is 4.95. The molecule has 0 aliphatic rings. The van der Waals surface area contributed by atoms with Crippen LogP contribution in [0, 0.1) is 6.92 Å². The molecule has 1 rings (SSSR count). The van der Waals surface area contributed by atoms with Gasteiger partial charge in [0, 0.05) is 4.88 Å². The maximum atomic E-state index is 11.4. The van der Waals surface area contributed by atoms with Crippen LogP contribution < -0.4 is 5.32 Å². The Morgan fingerprint density at radius 1 is 1.41 bits per heavy atom. The number of nitrogens with one attached hydrogen (secondary N) is 1. The molecule has 0 aliphatic carbocycles. The zero-order valence-electron chi connectivity index (χ0n) is 10.5. The Morgan fingerprint density at radius 2 is 2.06 bits per heavy atom. The van der Waals surface area contributed by atoms with E-state index in [0.717, 1.165) is 10.4 Å². The van der Waals surface area contributed by atoms with Gasteiger partial charge in [-0.15, -0.1) is 11.3 Å². The highest BCUT2D eigenvalue weighted by atomic mass is 32.1. The van der Waals surface area contributed by atoms with E-state index in [-0.39, 0.29) is 0 Å². The summed E-state index contributed by atoms with van der Waals surface area (Å²) in [5.74, 6) is -1.54. The summed E-state index contributed by atoms with van der Waals surface area (Å²) in [7, 11) is 0. The first-order valence-corrected chi connectivity index (χ1v) is 6.22. The van der Waals surface area contributed by atoms with Crippen molar-refractivity contribution >= 4 is 23.2 Å². The van der Waals surface area contributed by atoms with Crippen molar-refractivity contribution in [3.63, 3.8) is 0 Å². The van der Waals surface area contributed by atoms with Crippen LogP contribution in [-0.2, 0) is 20.9 Å². The molecule has 94 valence electrons. The second-order valence-electron chi connectivity index (χ2n) is 4.71. The van der Waals surface area contributed by atoms with Crippen molar-refractivity contribution in [1.29, 1.82) is 0 Å². The monoisotopic (exact) mass is 255 g/mol. The van der Waals surface area contributed by atoms with E-state index in [9.17, 15) is 9.59 Å². The molecule has 0 spiro atoms. The van der Waals surface area contributed by atoms with Crippen molar-refractivity contribution in [3.8, 4) is 0 Å². The molecule has 0 saturated carbocycles. The van der Waals surface area contributed by atoms with E-state index in [1.165, 1.54) is 0 Å². The zero-order chi connectivity index (χ0) is 13.1. The van der Waals surface area contributed by atoms with E-state index in [1.807, 2.05) is 18.4 Å². The molecule has 0 aromatic carbocycles. The highest BCUT2D eigenvalue weighted by molar-refractivity contribution is 7.10. The second kappa shape index (κ2) is 5.31. The van der Waals surface area contributed by atoms with Gasteiger partial charge in [-0.2, -0.15) is 0 Å². The van der Waals surface area contributed by atoms with E-state index in [2.05, 4.69) is 5.32 Å². The number of ether oxygens (including phenoxy) is 1. The number of esters is 1. The molecule has 0 saturated heterocycles. The molecule has 1 N–H and O–H groups in total. The maximum absolute atomic E-state index is 11.4. The van der Waals surface area contributed by atoms with Crippen molar-refractivity contribution in [3.05, 3.63) is 21.9 Å². The minimum atomic E-state index is -0.841. The largest absolute Gasteiger partial charge is 0.453 e. The van der Waals surface area contributed by atoms with Crippen LogP contribution in [0.25, 0.3) is 0 Å². The Hall–Kier alpha value is -1.36. The third kappa shape index (κ3) is 4.56. The van der Waals surface area contributed by atoms with Crippen LogP contribution in [0.2, 0.25) is 0 Å². The molecule has 5 heteroatoms. The number of hydrogen-bond acceptors (Lipinski definition) is 4. The third-order valence-electron chi connectivity index (χ3n) is 1.96. The molecular weight excluding hydrogens is 238 g/mol. The van der Waals surface area contributed by atoms with Gasteiger partial charge >= 0.3 is 11.9 Å². The minimum Gasteiger partial charge on any atom is -0.453 e. The molecule has 4 nitrogen and oxygen atoms in total. The second-order valence-corrected chi connectivity index (χ2v) is 5.71. The van der Waals surface area contributed by atoms with Gasteiger partial charge in [0.1, 0.15) is 5.60 Å². The third-order valence-corrected chi connectivity index (χ3v) is 2.98. The van der Waals surface area contributed by atoms with Gasteiger partial charge in [0.15, 0.2) is 0 Å². The molecule has 0 aliphatic heterocycles. The SMILES string of the molecule is Cc1ccsc1CNC(=O)C(=O)OC(C)(C)C. The van der Waals surface area contributed by atoms with Crippen molar-refractivity contribution in [2.45, 2.75) is 39.8 Å². The van der Waals surface area contributed by atoms with Crippen LogP contribution in [0.1, 0.15) is 31.2 Å². The molecule has 1 aromatic heterocycles. The van der Waals surface area contributed by atoms with Gasteiger partial charge in [-0.05, 0) is 44.7 Å². The average molecular weight is 255 g/mol. The van der Waals surface area contributed by atoms with E-state index in [1.54, 1.807) is 32.1 Å². The predicted octanol–water partition coefficient (Wildman–Crippen LogP) is 2.01. The average Bonchev–Trinajstić information content (AvgIpc) is 2.57. The summed E-state index contributed by atoms with van der Waals surface area (Å²) in [4.78, 5) is 23.9. The topological polar surface area (TPSA) is 55.4 Å². The van der Waals surface area contributed by atoms with Gasteiger partial charge in [0.05, 0.1) is 6.54 Å². The van der Waals surface area contributed by atoms with Crippen LogP contribution in [0.15, 0.2) is 11.4 Å². The number of thiophene rings is 1. The van der Waals surface area contributed by atoms with Crippen molar-refractivity contribution < 1.29 is 14.3 Å². The molecule has 0 radical (unpaired) electrons. The number of amides is 1. The Kier molecular flexibility index (Phi) is 4.28. The number of rotatable bonds is 2. The predicted molar refractivity (Wildman–Crippen MR) is 66.7 cm³/mol.